The molecule has 0 aliphatic carbocycles. The molecular weight excluding hydrogens is 423 g/mol. The number of hydrogen-bond acceptors (Lipinski definition) is 3. The van der Waals surface area contributed by atoms with Gasteiger partial charge in [-0.15, -0.1) is 0 Å². The third kappa shape index (κ3) is 3.85. The fourth-order valence-electron chi connectivity index (χ4n) is 3.70. The second-order valence-electron chi connectivity index (χ2n) is 7.47. The Morgan fingerprint density at radius 1 is 0.970 bits per heavy atom. The third-order valence-electron chi connectivity index (χ3n) is 5.33. The molecule has 2 amide bonds. The zero-order valence-electron chi connectivity index (χ0n) is 17.1. The number of fused-ring (bicyclic) bond motifs is 1. The summed E-state index contributed by atoms with van der Waals surface area (Å²) in [5, 5.41) is 5.48. The van der Waals surface area contributed by atoms with E-state index in [2.05, 4.69) is 20.6 Å². The average Bonchev–Trinajstić information content (AvgIpc) is 3.42. The lowest BCUT2D eigenvalue weighted by Gasteiger charge is -2.08. The Morgan fingerprint density at radius 3 is 2.55 bits per heavy atom. The van der Waals surface area contributed by atoms with Gasteiger partial charge in [0.05, 0.1) is 11.3 Å². The van der Waals surface area contributed by atoms with Crippen LogP contribution in [-0.2, 0) is 4.79 Å². The zero-order chi connectivity index (χ0) is 22.9. The van der Waals surface area contributed by atoms with Gasteiger partial charge < -0.3 is 20.6 Å². The van der Waals surface area contributed by atoms with Crippen LogP contribution in [0.15, 0.2) is 78.0 Å². The van der Waals surface area contributed by atoms with Crippen LogP contribution >= 0.6 is 0 Å². The summed E-state index contributed by atoms with van der Waals surface area (Å²) in [6, 6.07) is 14.2. The first-order valence-electron chi connectivity index (χ1n) is 10.1. The highest BCUT2D eigenvalue weighted by atomic mass is 19.1. The Morgan fingerprint density at radius 2 is 1.79 bits per heavy atom. The maximum absolute atomic E-state index is 13.2. The van der Waals surface area contributed by atoms with E-state index in [1.165, 1.54) is 36.7 Å². The van der Waals surface area contributed by atoms with Gasteiger partial charge in [0.1, 0.15) is 11.4 Å². The molecule has 33 heavy (non-hydrogen) atoms. The van der Waals surface area contributed by atoms with Gasteiger partial charge in [-0.25, -0.2) is 4.39 Å². The van der Waals surface area contributed by atoms with Crippen molar-refractivity contribution < 1.29 is 14.0 Å². The summed E-state index contributed by atoms with van der Waals surface area (Å²) >= 11 is 0. The largest absolute Gasteiger partial charge is 0.366 e. The van der Waals surface area contributed by atoms with Crippen molar-refractivity contribution >= 4 is 34.8 Å². The Bertz CT molecular complexity index is 1470. The summed E-state index contributed by atoms with van der Waals surface area (Å²) in [5.74, 6) is -1.27. The molecule has 4 aromatic rings. The van der Waals surface area contributed by atoms with Crippen molar-refractivity contribution in [3.8, 4) is 11.1 Å². The number of rotatable bonds is 4. The molecule has 2 aromatic carbocycles. The Kier molecular flexibility index (Phi) is 4.95. The molecule has 8 heteroatoms. The molecule has 5 rings (SSSR count). The van der Waals surface area contributed by atoms with Gasteiger partial charge in [0.15, 0.2) is 0 Å². The molecule has 162 valence electrons. The van der Waals surface area contributed by atoms with E-state index in [1.54, 1.807) is 30.5 Å². The van der Waals surface area contributed by atoms with E-state index in [-0.39, 0.29) is 17.0 Å². The van der Waals surface area contributed by atoms with Crippen LogP contribution in [0.5, 0.6) is 0 Å². The smallest absolute Gasteiger partial charge is 0.261 e. The number of nitrogens with one attached hydrogen (secondary N) is 4. The average molecular weight is 440 g/mol. The number of hydrogen-bond donors (Lipinski definition) is 4. The summed E-state index contributed by atoms with van der Waals surface area (Å²) in [6.45, 7) is 0. The van der Waals surface area contributed by atoms with Crippen molar-refractivity contribution in [2.75, 3.05) is 10.6 Å². The number of benzene rings is 2. The molecule has 0 saturated carbocycles. The summed E-state index contributed by atoms with van der Waals surface area (Å²) < 4.78 is 13.2. The molecule has 0 bridgehead atoms. The fraction of sp³-hybridized carbons (Fsp3) is 0. The van der Waals surface area contributed by atoms with Crippen LogP contribution in [-0.4, -0.2) is 21.8 Å². The van der Waals surface area contributed by atoms with Gasteiger partial charge in [-0.05, 0) is 48.0 Å². The topological polar surface area (TPSA) is 107 Å². The van der Waals surface area contributed by atoms with E-state index < -0.39 is 17.2 Å². The number of carbonyl (C=O) groups is 2. The van der Waals surface area contributed by atoms with Crippen LogP contribution in [0.1, 0.15) is 21.6 Å². The minimum Gasteiger partial charge on any atom is -0.366 e. The summed E-state index contributed by atoms with van der Waals surface area (Å²) in [6.07, 6.45) is 6.30. The number of amides is 2. The first-order chi connectivity index (χ1) is 16.0. The maximum Gasteiger partial charge on any atom is 0.261 e. The minimum absolute atomic E-state index is 0.0892. The Labute approximate surface area is 187 Å². The number of pyridine rings is 1. The SMILES string of the molecule is O=C1Nc2cc(NC(=O)c3c[nH]cc(-c4ccc(F)cc4)c3=O)ccc2C1=Cc1ccc[nH]1. The lowest BCUT2D eigenvalue weighted by Crippen LogP contribution is -2.22. The van der Waals surface area contributed by atoms with Crippen LogP contribution in [0.2, 0.25) is 0 Å². The van der Waals surface area contributed by atoms with E-state index in [9.17, 15) is 18.8 Å². The molecule has 0 fully saturated rings. The molecule has 0 radical (unpaired) electrons. The van der Waals surface area contributed by atoms with Crippen molar-refractivity contribution in [2.24, 2.45) is 0 Å². The number of halogens is 1. The molecule has 1 aliphatic heterocycles. The fourth-order valence-corrected chi connectivity index (χ4v) is 3.70. The highest BCUT2D eigenvalue weighted by molar-refractivity contribution is 6.35. The van der Waals surface area contributed by atoms with Crippen molar-refractivity contribution in [2.45, 2.75) is 0 Å². The van der Waals surface area contributed by atoms with Gasteiger partial charge in [0.2, 0.25) is 5.43 Å². The first-order valence-corrected chi connectivity index (χ1v) is 10.1. The number of aromatic nitrogens is 2. The maximum atomic E-state index is 13.2. The normalized spacial score (nSPS) is 13.6. The molecule has 0 atom stereocenters. The highest BCUT2D eigenvalue weighted by Gasteiger charge is 2.25. The number of aromatic amines is 2. The van der Waals surface area contributed by atoms with Crippen molar-refractivity contribution in [1.29, 1.82) is 0 Å². The molecule has 2 aromatic heterocycles. The first kappa shape index (κ1) is 20.2. The van der Waals surface area contributed by atoms with Gasteiger partial charge in [-0.1, -0.05) is 18.2 Å². The zero-order valence-corrected chi connectivity index (χ0v) is 17.1. The van der Waals surface area contributed by atoms with Gasteiger partial charge in [0, 0.05) is 41.1 Å². The summed E-state index contributed by atoms with van der Waals surface area (Å²) in [5.41, 5.74) is 3.17. The van der Waals surface area contributed by atoms with E-state index >= 15 is 0 Å². The predicted molar refractivity (Wildman–Crippen MR) is 124 cm³/mol. The minimum atomic E-state index is -0.605. The quantitative estimate of drug-likeness (QED) is 0.356. The second-order valence-corrected chi connectivity index (χ2v) is 7.47. The highest BCUT2D eigenvalue weighted by Crippen LogP contribution is 2.35. The standard InChI is InChI=1S/C25H17FN4O3/c26-15-5-3-14(4-6-15)20-12-27-13-21(23(20)31)25(33)29-17-7-8-18-19(10-16-2-1-9-28-16)24(32)30-22(18)11-17/h1-13,28H,(H,27,31)(H,29,33)(H,30,32). The van der Waals surface area contributed by atoms with E-state index in [4.69, 9.17) is 0 Å². The number of anilines is 2. The van der Waals surface area contributed by atoms with Crippen LogP contribution < -0.4 is 16.1 Å². The molecule has 0 unspecified atom stereocenters. The van der Waals surface area contributed by atoms with Gasteiger partial charge >= 0.3 is 0 Å². The van der Waals surface area contributed by atoms with Crippen molar-refractivity contribution in [1.82, 2.24) is 9.97 Å². The van der Waals surface area contributed by atoms with Crippen LogP contribution in [0.4, 0.5) is 15.8 Å². The number of carbonyl (C=O) groups excluding carboxylic acids is 2. The molecule has 7 nitrogen and oxygen atoms in total. The van der Waals surface area contributed by atoms with Crippen LogP contribution in [0, 0.1) is 5.82 Å². The molecule has 1 aliphatic rings. The van der Waals surface area contributed by atoms with Gasteiger partial charge in [-0.3, -0.25) is 14.4 Å². The molecule has 4 N–H and O–H groups in total. The second kappa shape index (κ2) is 8.08. The van der Waals surface area contributed by atoms with Crippen molar-refractivity contribution in [3.05, 3.63) is 106 Å². The number of H-pyrrole nitrogens is 2. The van der Waals surface area contributed by atoms with Crippen molar-refractivity contribution in [3.63, 3.8) is 0 Å². The molecule has 0 saturated heterocycles. The van der Waals surface area contributed by atoms with Gasteiger partial charge in [0.25, 0.3) is 11.8 Å². The molecule has 3 heterocycles. The van der Waals surface area contributed by atoms with Crippen LogP contribution in [0.3, 0.4) is 0 Å². The van der Waals surface area contributed by atoms with E-state index in [0.717, 1.165) is 5.69 Å². The lowest BCUT2D eigenvalue weighted by atomic mass is 10.0. The summed E-state index contributed by atoms with van der Waals surface area (Å²) in [4.78, 5) is 43.9. The predicted octanol–water partition coefficient (Wildman–Crippen LogP) is 4.25. The van der Waals surface area contributed by atoms with Crippen LogP contribution in [0.25, 0.3) is 22.8 Å². The monoisotopic (exact) mass is 440 g/mol. The van der Waals surface area contributed by atoms with E-state index in [1.807, 2.05) is 12.1 Å². The molecular formula is C25H17FN4O3. The third-order valence-corrected chi connectivity index (χ3v) is 5.33. The Hall–Kier alpha value is -4.72. The Balaban J connectivity index is 1.41. The van der Waals surface area contributed by atoms with Gasteiger partial charge in [-0.2, -0.15) is 0 Å². The molecule has 0 spiro atoms. The summed E-state index contributed by atoms with van der Waals surface area (Å²) in [7, 11) is 0. The van der Waals surface area contributed by atoms with E-state index in [0.29, 0.717) is 28.1 Å². The lowest BCUT2D eigenvalue weighted by molar-refractivity contribution is -0.110.